The zero-order chi connectivity index (χ0) is 21.4. The number of aromatic hydroxyl groups is 1. The molecule has 150 valence electrons. The third-order valence-electron chi connectivity index (χ3n) is 4.75. The van der Waals surface area contributed by atoms with Crippen molar-refractivity contribution in [1.82, 2.24) is 4.98 Å². The molecule has 1 atom stereocenters. The number of aliphatic hydroxyl groups excluding tert-OH is 1. The molecule has 2 heterocycles. The number of nitrogens with zero attached hydrogens (tertiary/aromatic N) is 2. The number of benzene rings is 2. The predicted octanol–water partition coefficient (Wildman–Crippen LogP) is 3.69. The minimum atomic E-state index is -1.25. The van der Waals surface area contributed by atoms with E-state index in [1.807, 2.05) is 0 Å². The highest BCUT2D eigenvalue weighted by Gasteiger charge is 2.47. The average molecular weight is 408 g/mol. The van der Waals surface area contributed by atoms with Crippen molar-refractivity contribution in [2.45, 2.75) is 6.04 Å². The van der Waals surface area contributed by atoms with Gasteiger partial charge in [0.15, 0.2) is 0 Å². The molecule has 4 rings (SSSR count). The van der Waals surface area contributed by atoms with Gasteiger partial charge >= 0.3 is 0 Å². The molecule has 1 saturated heterocycles. The third-order valence-corrected chi connectivity index (χ3v) is 4.75. The molecule has 0 saturated carbocycles. The number of phenolic OH excluding ortho intramolecular Hbond substituents is 1. The summed E-state index contributed by atoms with van der Waals surface area (Å²) >= 11 is 0. The van der Waals surface area contributed by atoms with Gasteiger partial charge < -0.3 is 10.2 Å². The zero-order valence-corrected chi connectivity index (χ0v) is 15.3. The summed E-state index contributed by atoms with van der Waals surface area (Å²) < 4.78 is 27.9. The van der Waals surface area contributed by atoms with Gasteiger partial charge in [0.25, 0.3) is 11.7 Å². The standard InChI is InChI=1S/C22H14F2N2O4/c23-14-4-5-17(16(24)11-14)26-19(13-2-1-3-15(27)10-13)18(21(29)22(26)30)20(28)12-6-8-25-9-7-12/h1-11,19,27-28H/b20-18+. The number of carbonyl (C=O) groups excluding carboxylic acids is 2. The molecule has 1 aliphatic rings. The van der Waals surface area contributed by atoms with Crippen LogP contribution in [0.1, 0.15) is 17.2 Å². The molecular formula is C22H14F2N2O4. The molecule has 1 unspecified atom stereocenters. The number of ketones is 1. The lowest BCUT2D eigenvalue weighted by atomic mass is 9.95. The minimum Gasteiger partial charge on any atom is -0.508 e. The molecule has 2 aromatic carbocycles. The second-order valence-electron chi connectivity index (χ2n) is 6.60. The number of phenols is 1. The SMILES string of the molecule is O=C1C(=O)N(c2ccc(F)cc2F)C(c2cccc(O)c2)/C1=C(\O)c1ccncc1. The van der Waals surface area contributed by atoms with Crippen molar-refractivity contribution in [1.29, 1.82) is 0 Å². The van der Waals surface area contributed by atoms with E-state index in [0.29, 0.717) is 6.07 Å². The fraction of sp³-hybridized carbons (Fsp3) is 0.0455. The van der Waals surface area contributed by atoms with E-state index in [9.17, 15) is 28.6 Å². The first-order valence-electron chi connectivity index (χ1n) is 8.84. The lowest BCUT2D eigenvalue weighted by molar-refractivity contribution is -0.132. The van der Waals surface area contributed by atoms with Crippen LogP contribution in [0.3, 0.4) is 0 Å². The van der Waals surface area contributed by atoms with E-state index in [4.69, 9.17) is 0 Å². The van der Waals surface area contributed by atoms with Crippen molar-refractivity contribution in [3.8, 4) is 5.75 Å². The van der Waals surface area contributed by atoms with E-state index in [2.05, 4.69) is 4.98 Å². The van der Waals surface area contributed by atoms with Crippen LogP contribution >= 0.6 is 0 Å². The summed E-state index contributed by atoms with van der Waals surface area (Å²) in [5.74, 6) is -4.66. The number of aromatic nitrogens is 1. The molecule has 6 nitrogen and oxygen atoms in total. The van der Waals surface area contributed by atoms with Gasteiger partial charge in [0.1, 0.15) is 23.1 Å². The molecule has 1 aliphatic heterocycles. The molecule has 1 fully saturated rings. The van der Waals surface area contributed by atoms with Crippen molar-refractivity contribution < 1.29 is 28.6 Å². The molecule has 1 amide bonds. The Labute approximate surface area is 169 Å². The third kappa shape index (κ3) is 3.18. The van der Waals surface area contributed by atoms with Crippen LogP contribution in [0, 0.1) is 11.6 Å². The van der Waals surface area contributed by atoms with Crippen molar-refractivity contribution in [2.24, 2.45) is 0 Å². The molecule has 0 bridgehead atoms. The van der Waals surface area contributed by atoms with Crippen LogP contribution in [0.15, 0.2) is 72.6 Å². The van der Waals surface area contributed by atoms with Gasteiger partial charge in [0.05, 0.1) is 17.3 Å². The van der Waals surface area contributed by atoms with Crippen LogP contribution in [0.2, 0.25) is 0 Å². The Morgan fingerprint density at radius 1 is 1.00 bits per heavy atom. The first-order chi connectivity index (χ1) is 14.4. The fourth-order valence-corrected chi connectivity index (χ4v) is 3.43. The minimum absolute atomic E-state index is 0.151. The van der Waals surface area contributed by atoms with Crippen LogP contribution in [-0.2, 0) is 9.59 Å². The Bertz CT molecular complexity index is 1190. The Hall–Kier alpha value is -4.07. The summed E-state index contributed by atoms with van der Waals surface area (Å²) in [4.78, 5) is 30.4. The van der Waals surface area contributed by atoms with E-state index in [1.165, 1.54) is 48.8 Å². The monoisotopic (exact) mass is 408 g/mol. The highest BCUT2D eigenvalue weighted by molar-refractivity contribution is 6.51. The van der Waals surface area contributed by atoms with Crippen LogP contribution in [0.25, 0.3) is 5.76 Å². The number of amides is 1. The van der Waals surface area contributed by atoms with Gasteiger partial charge in [0, 0.05) is 24.0 Å². The molecule has 0 spiro atoms. The van der Waals surface area contributed by atoms with E-state index in [-0.39, 0.29) is 28.1 Å². The molecule has 1 aromatic heterocycles. The second kappa shape index (κ2) is 7.40. The zero-order valence-electron chi connectivity index (χ0n) is 15.3. The maximum atomic E-state index is 14.5. The number of halogens is 2. The second-order valence-corrected chi connectivity index (χ2v) is 6.60. The van der Waals surface area contributed by atoms with Gasteiger partial charge in [-0.25, -0.2) is 8.78 Å². The maximum Gasteiger partial charge on any atom is 0.300 e. The summed E-state index contributed by atoms with van der Waals surface area (Å²) in [6.07, 6.45) is 2.79. The summed E-state index contributed by atoms with van der Waals surface area (Å²) in [5.41, 5.74) is -0.137. The van der Waals surface area contributed by atoms with E-state index >= 15 is 0 Å². The molecule has 8 heteroatoms. The highest BCUT2D eigenvalue weighted by Crippen LogP contribution is 2.43. The van der Waals surface area contributed by atoms with Crippen LogP contribution in [0.5, 0.6) is 5.75 Å². The Morgan fingerprint density at radius 2 is 1.73 bits per heavy atom. The van der Waals surface area contributed by atoms with Gasteiger partial charge in [-0.2, -0.15) is 0 Å². The Morgan fingerprint density at radius 3 is 2.40 bits per heavy atom. The first-order valence-corrected chi connectivity index (χ1v) is 8.84. The number of rotatable bonds is 3. The van der Waals surface area contributed by atoms with Crippen molar-refractivity contribution in [3.63, 3.8) is 0 Å². The molecule has 2 N–H and O–H groups in total. The van der Waals surface area contributed by atoms with Crippen molar-refractivity contribution >= 4 is 23.1 Å². The average Bonchev–Trinajstić information content (AvgIpc) is 2.99. The highest BCUT2D eigenvalue weighted by atomic mass is 19.1. The van der Waals surface area contributed by atoms with Gasteiger partial charge in [-0.1, -0.05) is 12.1 Å². The van der Waals surface area contributed by atoms with Gasteiger partial charge in [-0.15, -0.1) is 0 Å². The largest absolute Gasteiger partial charge is 0.508 e. The van der Waals surface area contributed by atoms with Crippen molar-refractivity contribution in [3.05, 3.63) is 95.3 Å². The number of pyridine rings is 1. The maximum absolute atomic E-state index is 14.5. The summed E-state index contributed by atoms with van der Waals surface area (Å²) in [6, 6.07) is 9.92. The Balaban J connectivity index is 1.98. The van der Waals surface area contributed by atoms with Crippen molar-refractivity contribution in [2.75, 3.05) is 4.90 Å². The van der Waals surface area contributed by atoms with Crippen LogP contribution in [0.4, 0.5) is 14.5 Å². The summed E-state index contributed by atoms with van der Waals surface area (Å²) in [6.45, 7) is 0. The quantitative estimate of drug-likeness (QED) is 0.392. The number of aliphatic hydroxyl groups is 1. The molecule has 0 aliphatic carbocycles. The van der Waals surface area contributed by atoms with Gasteiger partial charge in [-0.05, 0) is 42.0 Å². The van der Waals surface area contributed by atoms with E-state index in [1.54, 1.807) is 0 Å². The molecule has 3 aromatic rings. The van der Waals surface area contributed by atoms with Crippen LogP contribution in [-0.4, -0.2) is 26.9 Å². The lowest BCUT2D eigenvalue weighted by Gasteiger charge is -2.25. The summed E-state index contributed by atoms with van der Waals surface area (Å²) in [7, 11) is 0. The fourth-order valence-electron chi connectivity index (χ4n) is 3.43. The Kier molecular flexibility index (Phi) is 4.75. The number of Topliss-reactive ketones (excluding diaryl/α,β-unsaturated/α-hetero) is 1. The van der Waals surface area contributed by atoms with E-state index in [0.717, 1.165) is 17.0 Å². The lowest BCUT2D eigenvalue weighted by Crippen LogP contribution is -2.30. The first kappa shape index (κ1) is 19.3. The number of carbonyl (C=O) groups is 2. The number of hydrogen-bond donors (Lipinski definition) is 2. The number of hydrogen-bond acceptors (Lipinski definition) is 5. The van der Waals surface area contributed by atoms with Crippen LogP contribution < -0.4 is 4.90 Å². The molecule has 30 heavy (non-hydrogen) atoms. The predicted molar refractivity (Wildman–Crippen MR) is 103 cm³/mol. The number of anilines is 1. The van der Waals surface area contributed by atoms with E-state index < -0.39 is 35.1 Å². The topological polar surface area (TPSA) is 90.7 Å². The van der Waals surface area contributed by atoms with Gasteiger partial charge in [0.2, 0.25) is 0 Å². The molecule has 0 radical (unpaired) electrons. The van der Waals surface area contributed by atoms with Gasteiger partial charge in [-0.3, -0.25) is 19.5 Å². The smallest absolute Gasteiger partial charge is 0.300 e. The molecular weight excluding hydrogens is 394 g/mol. The summed E-state index contributed by atoms with van der Waals surface area (Å²) in [5, 5.41) is 20.7. The normalized spacial score (nSPS) is 18.1.